The molecule has 3 aliphatic carbocycles. The molecule has 2 bridgehead atoms. The third-order valence-corrected chi connectivity index (χ3v) is 13.5. The van der Waals surface area contributed by atoms with E-state index < -0.39 is 113 Å². The number of carbonyl (C=O) groups is 6. The van der Waals surface area contributed by atoms with E-state index in [4.69, 9.17) is 23.7 Å². The molecule has 0 spiro atoms. The van der Waals surface area contributed by atoms with Crippen LogP contribution in [-0.4, -0.2) is 135 Å². The average Bonchev–Trinajstić information content (AvgIpc) is 3.24. The Morgan fingerprint density at radius 3 is 1.94 bits per heavy atom. The number of hydrogen-bond donors (Lipinski definition) is 4. The third kappa shape index (κ3) is 8.17. The van der Waals surface area contributed by atoms with Crippen molar-refractivity contribution in [2.24, 2.45) is 16.7 Å². The van der Waals surface area contributed by atoms with E-state index in [1.165, 1.54) is 26.0 Å². The van der Waals surface area contributed by atoms with E-state index in [-0.39, 0.29) is 64.9 Å². The van der Waals surface area contributed by atoms with Crippen LogP contribution in [0.2, 0.25) is 0 Å². The zero-order valence-electron chi connectivity index (χ0n) is 35.2. The molecule has 3 fully saturated rings. The molecule has 2 saturated carbocycles. The van der Waals surface area contributed by atoms with Crippen molar-refractivity contribution < 1.29 is 67.8 Å². The number of hydrogen-bond acceptors (Lipinski definition) is 14. The number of fused-ring (bicyclic) bond motifs is 5. The Labute approximate surface area is 386 Å². The summed E-state index contributed by atoms with van der Waals surface area (Å²) in [6.45, 7) is 7.97. The molecule has 1 aliphatic heterocycles. The van der Waals surface area contributed by atoms with E-state index in [9.17, 15) is 39.3 Å². The molecule has 11 atom stereocenters. The number of ketones is 1. The Morgan fingerprint density at radius 2 is 1.40 bits per heavy atom. The molecule has 15 nitrogen and oxygen atoms in total. The van der Waals surface area contributed by atoms with E-state index in [2.05, 4.69) is 5.32 Å². The Kier molecular flexibility index (Phi) is 13.7. The fourth-order valence-corrected chi connectivity index (χ4v) is 10.2. The van der Waals surface area contributed by atoms with Gasteiger partial charge in [-0.25, -0.2) is 9.59 Å². The standard InChI is InChI=1S/C47H51NO14.Na.H/c1-25-31(60-43(56)36(52)35(28-16-10-7-11-17-28)48-41(54)29-18-12-8-13-19-29)23-47(57)40(61-42(55)30-20-14-9-15-21-30)38-45(6,32(51)22-33-46(38,24-58-33)62-27(3)50)39(53)37(59-26(2)49)34(25)44(47,4)5;;/h7-21,31-33,35-38,40,51-52,57H,22-24H2,1-6H3,(H,48,54);;/t31-,32-,33+,35-,36+,37+,38-,40-,45+,46-,47+;;/m0../s1. The summed E-state index contributed by atoms with van der Waals surface area (Å²) in [7, 11) is 0. The van der Waals surface area contributed by atoms with Gasteiger partial charge in [0.1, 0.15) is 23.9 Å². The van der Waals surface area contributed by atoms with Gasteiger partial charge in [0.05, 0.1) is 35.6 Å². The molecule has 330 valence electrons. The number of rotatable bonds is 10. The Balaban J connectivity index is 0.00000661. The van der Waals surface area contributed by atoms with Gasteiger partial charge in [-0.3, -0.25) is 19.2 Å². The summed E-state index contributed by atoms with van der Waals surface area (Å²) in [5, 5.41) is 40.2. The van der Waals surface area contributed by atoms with Crippen LogP contribution in [0, 0.1) is 16.7 Å². The molecule has 1 saturated heterocycles. The molecule has 0 unspecified atom stereocenters. The van der Waals surface area contributed by atoms with Gasteiger partial charge in [0, 0.05) is 37.7 Å². The molecule has 16 heteroatoms. The van der Waals surface area contributed by atoms with Crippen LogP contribution in [0.4, 0.5) is 0 Å². The maximum absolute atomic E-state index is 15.5. The zero-order valence-corrected chi connectivity index (χ0v) is 35.2. The van der Waals surface area contributed by atoms with E-state index in [1.54, 1.807) is 92.7 Å². The van der Waals surface area contributed by atoms with Gasteiger partial charge in [0.15, 0.2) is 23.6 Å². The molecular formula is C47H52NNaO14. The molecule has 1 heterocycles. The van der Waals surface area contributed by atoms with Gasteiger partial charge in [-0.15, -0.1) is 0 Å². The second-order valence-corrected chi connectivity index (χ2v) is 17.4. The molecule has 63 heavy (non-hydrogen) atoms. The molecule has 7 rings (SSSR count). The summed E-state index contributed by atoms with van der Waals surface area (Å²) in [4.78, 5) is 83.5. The quantitative estimate of drug-likeness (QED) is 0.0996. The van der Waals surface area contributed by atoms with Crippen LogP contribution in [-0.2, 0) is 42.9 Å². The molecule has 0 radical (unpaired) electrons. The van der Waals surface area contributed by atoms with Crippen LogP contribution in [0.25, 0.3) is 0 Å². The molecule has 3 aromatic rings. The fourth-order valence-electron chi connectivity index (χ4n) is 10.2. The van der Waals surface area contributed by atoms with Gasteiger partial charge in [-0.1, -0.05) is 80.6 Å². The van der Waals surface area contributed by atoms with Crippen LogP contribution < -0.4 is 5.32 Å². The predicted octanol–water partition coefficient (Wildman–Crippen LogP) is 3.09. The third-order valence-electron chi connectivity index (χ3n) is 13.5. The SMILES string of the molecule is CC(=O)O[C@H]1C(=O)[C@@]2(C)[C@H]([C@H](OC(=O)c3ccccc3)[C@]3(O)C[C@H](OC(=O)[C@H](O)[C@@H](NC(=O)c4ccccc4)c4ccccc4)C(C)=C1C3(C)C)[C@]1(OC(C)=O)CO[C@@H]1C[C@@H]2O.[NaH]. The minimum absolute atomic E-state index is 0. The number of ether oxygens (including phenoxy) is 5. The van der Waals surface area contributed by atoms with Gasteiger partial charge < -0.3 is 44.3 Å². The number of benzene rings is 3. The molecule has 4 aliphatic rings. The van der Waals surface area contributed by atoms with Crippen molar-refractivity contribution in [1.29, 1.82) is 0 Å². The van der Waals surface area contributed by atoms with Crippen LogP contribution >= 0.6 is 0 Å². The fraction of sp³-hybridized carbons (Fsp3) is 0.447. The van der Waals surface area contributed by atoms with Gasteiger partial charge in [0.2, 0.25) is 0 Å². The van der Waals surface area contributed by atoms with Crippen molar-refractivity contribution in [1.82, 2.24) is 5.32 Å². The molecule has 3 aromatic carbocycles. The van der Waals surface area contributed by atoms with Crippen LogP contribution in [0.1, 0.15) is 86.7 Å². The number of aliphatic hydroxyl groups is 3. The maximum atomic E-state index is 15.5. The second-order valence-electron chi connectivity index (χ2n) is 17.4. The summed E-state index contributed by atoms with van der Waals surface area (Å²) in [6.07, 6.45) is -10.5. The first kappa shape index (κ1) is 47.7. The van der Waals surface area contributed by atoms with Crippen molar-refractivity contribution >= 4 is 65.1 Å². The van der Waals surface area contributed by atoms with Crippen LogP contribution in [0.15, 0.2) is 102 Å². The average molecular weight is 878 g/mol. The molecule has 1 amide bonds. The van der Waals surface area contributed by atoms with Crippen molar-refractivity contribution in [2.75, 3.05) is 6.61 Å². The summed E-state index contributed by atoms with van der Waals surface area (Å²) >= 11 is 0. The number of nitrogens with one attached hydrogen (secondary N) is 1. The molecule has 4 N–H and O–H groups in total. The number of carbonyl (C=O) groups excluding carboxylic acids is 6. The zero-order chi connectivity index (χ0) is 44.9. The van der Waals surface area contributed by atoms with Crippen molar-refractivity contribution in [2.45, 2.75) is 108 Å². The van der Waals surface area contributed by atoms with Gasteiger partial charge >= 0.3 is 53.4 Å². The van der Waals surface area contributed by atoms with E-state index in [0.29, 0.717) is 5.56 Å². The first-order valence-electron chi connectivity index (χ1n) is 20.5. The van der Waals surface area contributed by atoms with Gasteiger partial charge in [-0.2, -0.15) is 0 Å². The second kappa shape index (κ2) is 18.0. The number of esters is 4. The van der Waals surface area contributed by atoms with E-state index in [1.807, 2.05) is 0 Å². The Morgan fingerprint density at radius 1 is 0.825 bits per heavy atom. The summed E-state index contributed by atoms with van der Waals surface area (Å²) in [6, 6.07) is 22.9. The number of Topliss-reactive ketones (excluding diaryl/α,β-unsaturated/α-hetero) is 1. The number of amides is 1. The Bertz CT molecular complexity index is 2290. The van der Waals surface area contributed by atoms with E-state index >= 15 is 4.79 Å². The van der Waals surface area contributed by atoms with E-state index in [0.717, 1.165) is 13.8 Å². The normalized spacial score (nSPS) is 31.3. The first-order valence-corrected chi connectivity index (χ1v) is 20.5. The van der Waals surface area contributed by atoms with Crippen molar-refractivity contribution in [3.05, 3.63) is 119 Å². The van der Waals surface area contributed by atoms with Crippen LogP contribution in [0.3, 0.4) is 0 Å². The molecule has 0 aromatic heterocycles. The summed E-state index contributed by atoms with van der Waals surface area (Å²) in [5.74, 6) is -6.84. The van der Waals surface area contributed by atoms with Gasteiger partial charge in [0.25, 0.3) is 5.91 Å². The minimum atomic E-state index is -2.39. The number of aliphatic hydroxyl groups excluding tert-OH is 2. The first-order chi connectivity index (χ1) is 29.3. The summed E-state index contributed by atoms with van der Waals surface area (Å²) in [5.41, 5.74) is -7.02. The predicted molar refractivity (Wildman–Crippen MR) is 225 cm³/mol. The van der Waals surface area contributed by atoms with Crippen molar-refractivity contribution in [3.8, 4) is 0 Å². The Hall–Kier alpha value is -4.74. The van der Waals surface area contributed by atoms with Crippen molar-refractivity contribution in [3.63, 3.8) is 0 Å². The summed E-state index contributed by atoms with van der Waals surface area (Å²) < 4.78 is 30.3. The topological polar surface area (TPSA) is 221 Å². The van der Waals surface area contributed by atoms with Crippen LogP contribution in [0.5, 0.6) is 0 Å². The molecular weight excluding hydrogens is 825 g/mol. The monoisotopic (exact) mass is 877 g/mol. The van der Waals surface area contributed by atoms with Gasteiger partial charge in [-0.05, 0) is 54.8 Å².